The molecular formula is C5H9O5. The third kappa shape index (κ3) is 1.14. The second-order valence-corrected chi connectivity index (χ2v) is 2.21. The topological polar surface area (TPSA) is 89.8 Å². The molecule has 3 N–H and O–H groups in total. The third-order valence-corrected chi connectivity index (χ3v) is 1.50. The molecular weight excluding hydrogens is 140 g/mol. The lowest BCUT2D eigenvalue weighted by Gasteiger charge is -2.09. The average molecular weight is 149 g/mol. The molecule has 1 aliphatic rings. The molecule has 0 saturated carbocycles. The highest BCUT2D eigenvalue weighted by Crippen LogP contribution is 2.18. The maximum Gasteiger partial charge on any atom is 0.220 e. The quantitative estimate of drug-likeness (QED) is 0.396. The van der Waals surface area contributed by atoms with Crippen molar-refractivity contribution in [1.29, 1.82) is 0 Å². The monoisotopic (exact) mass is 149 g/mol. The van der Waals surface area contributed by atoms with Gasteiger partial charge in [0.2, 0.25) is 6.29 Å². The summed E-state index contributed by atoms with van der Waals surface area (Å²) in [6.45, 7) is -0.447. The van der Waals surface area contributed by atoms with Gasteiger partial charge in [-0.15, -0.1) is 0 Å². The Bertz CT molecular complexity index is 117. The summed E-state index contributed by atoms with van der Waals surface area (Å²) in [7, 11) is 0. The fourth-order valence-electron chi connectivity index (χ4n) is 0.865. The van der Waals surface area contributed by atoms with Crippen molar-refractivity contribution in [1.82, 2.24) is 0 Å². The van der Waals surface area contributed by atoms with Crippen LogP contribution in [0, 0.1) is 0 Å². The number of hydrogen-bond acceptors (Lipinski definition) is 4. The van der Waals surface area contributed by atoms with E-state index in [0.29, 0.717) is 0 Å². The molecule has 4 atom stereocenters. The summed E-state index contributed by atoms with van der Waals surface area (Å²) in [6.07, 6.45) is -5.24. The molecule has 59 valence electrons. The zero-order valence-corrected chi connectivity index (χ0v) is 5.17. The van der Waals surface area contributed by atoms with Gasteiger partial charge in [0.15, 0.2) is 0 Å². The molecule has 0 aromatic rings. The van der Waals surface area contributed by atoms with Gasteiger partial charge in [0.25, 0.3) is 0 Å². The largest absolute Gasteiger partial charge is 0.394 e. The second kappa shape index (κ2) is 2.81. The van der Waals surface area contributed by atoms with Crippen molar-refractivity contribution in [2.75, 3.05) is 6.61 Å². The number of ether oxygens (including phenoxy) is 1. The first-order chi connectivity index (χ1) is 4.66. The van der Waals surface area contributed by atoms with Crippen LogP contribution in [0.15, 0.2) is 0 Å². The number of rotatable bonds is 1. The molecule has 0 aromatic carbocycles. The minimum absolute atomic E-state index is 0.447. The first-order valence-corrected chi connectivity index (χ1v) is 2.95. The van der Waals surface area contributed by atoms with Gasteiger partial charge in [-0.05, 0) is 0 Å². The van der Waals surface area contributed by atoms with E-state index >= 15 is 0 Å². The fourth-order valence-corrected chi connectivity index (χ4v) is 0.865. The average Bonchev–Trinajstić information content (AvgIpc) is 2.17. The number of hydrogen-bond donors (Lipinski definition) is 3. The molecule has 1 fully saturated rings. The summed E-state index contributed by atoms with van der Waals surface area (Å²) in [6, 6.07) is 0. The SMILES string of the molecule is [O]C1O[C@H](CO)[C@@H](O)[C@H]1O. The minimum Gasteiger partial charge on any atom is -0.394 e. The van der Waals surface area contributed by atoms with E-state index in [4.69, 9.17) is 15.3 Å². The van der Waals surface area contributed by atoms with E-state index in [1.165, 1.54) is 0 Å². The first kappa shape index (κ1) is 7.90. The lowest BCUT2D eigenvalue weighted by atomic mass is 10.1. The van der Waals surface area contributed by atoms with Crippen molar-refractivity contribution in [3.05, 3.63) is 0 Å². The van der Waals surface area contributed by atoms with Crippen molar-refractivity contribution in [3.63, 3.8) is 0 Å². The van der Waals surface area contributed by atoms with E-state index in [2.05, 4.69) is 4.74 Å². The van der Waals surface area contributed by atoms with Gasteiger partial charge in [0, 0.05) is 0 Å². The summed E-state index contributed by atoms with van der Waals surface area (Å²) < 4.78 is 4.43. The molecule has 1 aliphatic heterocycles. The van der Waals surface area contributed by atoms with Gasteiger partial charge < -0.3 is 20.1 Å². The van der Waals surface area contributed by atoms with E-state index in [9.17, 15) is 5.11 Å². The Hall–Kier alpha value is -0.200. The van der Waals surface area contributed by atoms with E-state index in [0.717, 1.165) is 0 Å². The van der Waals surface area contributed by atoms with Crippen LogP contribution >= 0.6 is 0 Å². The van der Waals surface area contributed by atoms with Crippen LogP contribution in [-0.4, -0.2) is 46.5 Å². The second-order valence-electron chi connectivity index (χ2n) is 2.21. The predicted molar refractivity (Wildman–Crippen MR) is 28.4 cm³/mol. The Kier molecular flexibility index (Phi) is 2.22. The van der Waals surface area contributed by atoms with E-state index < -0.39 is 31.2 Å². The highest BCUT2D eigenvalue weighted by atomic mass is 16.6. The molecule has 1 unspecified atom stereocenters. The lowest BCUT2D eigenvalue weighted by molar-refractivity contribution is -0.168. The lowest BCUT2D eigenvalue weighted by Crippen LogP contribution is -2.33. The summed E-state index contributed by atoms with van der Waals surface area (Å²) in [4.78, 5) is 0. The molecule has 0 aromatic heterocycles. The van der Waals surface area contributed by atoms with Crippen molar-refractivity contribution in [2.24, 2.45) is 0 Å². The molecule has 0 spiro atoms. The number of aliphatic hydroxyl groups excluding tert-OH is 3. The molecule has 5 heteroatoms. The Morgan fingerprint density at radius 1 is 1.30 bits per heavy atom. The molecule has 1 heterocycles. The van der Waals surface area contributed by atoms with Crippen molar-refractivity contribution >= 4 is 0 Å². The van der Waals surface area contributed by atoms with Gasteiger partial charge in [-0.3, -0.25) is 0 Å². The predicted octanol–water partition coefficient (Wildman–Crippen LogP) is -2.14. The van der Waals surface area contributed by atoms with Crippen LogP contribution in [0.2, 0.25) is 0 Å². The summed E-state index contributed by atoms with van der Waals surface area (Å²) >= 11 is 0. The summed E-state index contributed by atoms with van der Waals surface area (Å²) in [5.41, 5.74) is 0. The van der Waals surface area contributed by atoms with Gasteiger partial charge in [-0.1, -0.05) is 0 Å². The number of aliphatic hydroxyl groups is 3. The summed E-state index contributed by atoms with van der Waals surface area (Å²) in [5.74, 6) is 0. The Balaban J connectivity index is 2.53. The molecule has 0 amide bonds. The van der Waals surface area contributed by atoms with Gasteiger partial charge in [0.05, 0.1) is 6.61 Å². The van der Waals surface area contributed by atoms with Crippen LogP contribution in [-0.2, 0) is 9.84 Å². The van der Waals surface area contributed by atoms with Crippen LogP contribution in [0.1, 0.15) is 0 Å². The standard InChI is InChI=1S/C5H9O5/c6-1-2-3(7)4(8)5(9)10-2/h2-8H,1H2/t2-,3-,4-,5?/m1/s1. The van der Waals surface area contributed by atoms with Crippen LogP contribution in [0.3, 0.4) is 0 Å². The Morgan fingerprint density at radius 3 is 2.10 bits per heavy atom. The van der Waals surface area contributed by atoms with Gasteiger partial charge in [-0.25, -0.2) is 0 Å². The van der Waals surface area contributed by atoms with E-state index in [1.54, 1.807) is 0 Å². The van der Waals surface area contributed by atoms with Crippen LogP contribution < -0.4 is 0 Å². The van der Waals surface area contributed by atoms with Gasteiger partial charge >= 0.3 is 0 Å². The van der Waals surface area contributed by atoms with Gasteiger partial charge in [-0.2, -0.15) is 5.11 Å². The maximum absolute atomic E-state index is 10.5. The van der Waals surface area contributed by atoms with Crippen molar-refractivity contribution in [2.45, 2.75) is 24.6 Å². The van der Waals surface area contributed by atoms with Crippen LogP contribution in [0.5, 0.6) is 0 Å². The van der Waals surface area contributed by atoms with E-state index in [-0.39, 0.29) is 0 Å². The molecule has 1 radical (unpaired) electrons. The van der Waals surface area contributed by atoms with Crippen LogP contribution in [0.4, 0.5) is 0 Å². The molecule has 0 bridgehead atoms. The van der Waals surface area contributed by atoms with Crippen LogP contribution in [0.25, 0.3) is 0 Å². The Morgan fingerprint density at radius 2 is 1.90 bits per heavy atom. The zero-order chi connectivity index (χ0) is 7.72. The smallest absolute Gasteiger partial charge is 0.220 e. The minimum atomic E-state index is -1.63. The third-order valence-electron chi connectivity index (χ3n) is 1.50. The highest BCUT2D eigenvalue weighted by Gasteiger charge is 2.42. The first-order valence-electron chi connectivity index (χ1n) is 2.95. The normalized spacial score (nSPS) is 48.0. The molecule has 1 saturated heterocycles. The molecule has 0 aliphatic carbocycles. The Labute approximate surface area is 57.5 Å². The molecule has 10 heavy (non-hydrogen) atoms. The molecule has 1 rings (SSSR count). The van der Waals surface area contributed by atoms with Crippen molar-refractivity contribution in [3.8, 4) is 0 Å². The maximum atomic E-state index is 10.5. The zero-order valence-electron chi connectivity index (χ0n) is 5.17. The van der Waals surface area contributed by atoms with Crippen molar-refractivity contribution < 1.29 is 25.2 Å². The fraction of sp³-hybridized carbons (Fsp3) is 1.00. The molecule has 5 nitrogen and oxygen atoms in total. The highest BCUT2D eigenvalue weighted by molar-refractivity contribution is 4.84. The van der Waals surface area contributed by atoms with Gasteiger partial charge in [0.1, 0.15) is 18.3 Å². The van der Waals surface area contributed by atoms with E-state index in [1.807, 2.05) is 0 Å². The summed E-state index contributed by atoms with van der Waals surface area (Å²) in [5, 5.41) is 36.6.